The molecule has 0 N–H and O–H groups in total. The van der Waals surface area contributed by atoms with Crippen LogP contribution in [0.25, 0.3) is 17.2 Å². The molecule has 0 atom stereocenters. The molecule has 102 valence electrons. The van der Waals surface area contributed by atoms with Crippen molar-refractivity contribution in [1.82, 2.24) is 0 Å². The van der Waals surface area contributed by atoms with Crippen molar-refractivity contribution in [2.45, 2.75) is 6.18 Å². The number of allylic oxidation sites excluding steroid dienone is 3. The summed E-state index contributed by atoms with van der Waals surface area (Å²) in [5.74, 6) is 0. The molecule has 2 aromatic rings. The van der Waals surface area contributed by atoms with Crippen LogP contribution in [0.15, 0.2) is 72.8 Å². The third kappa shape index (κ3) is 4.43. The summed E-state index contributed by atoms with van der Waals surface area (Å²) >= 11 is 0. The first kappa shape index (κ1) is 14.1. The van der Waals surface area contributed by atoms with Crippen molar-refractivity contribution >= 4 is 6.08 Å². The van der Waals surface area contributed by atoms with E-state index in [-0.39, 0.29) is 6.08 Å². The predicted molar refractivity (Wildman–Crippen MR) is 76.1 cm³/mol. The van der Waals surface area contributed by atoms with E-state index in [0.29, 0.717) is 0 Å². The van der Waals surface area contributed by atoms with E-state index in [1.54, 1.807) is 6.08 Å². The van der Waals surface area contributed by atoms with Crippen LogP contribution in [0, 0.1) is 0 Å². The van der Waals surface area contributed by atoms with E-state index in [2.05, 4.69) is 0 Å². The fourth-order valence-electron chi connectivity index (χ4n) is 1.75. The molecule has 2 aromatic carbocycles. The average Bonchev–Trinajstić information content (AvgIpc) is 2.44. The molecule has 3 heteroatoms. The molecule has 0 unspecified atom stereocenters. The van der Waals surface area contributed by atoms with Gasteiger partial charge in [-0.1, -0.05) is 72.8 Å². The Morgan fingerprint density at radius 2 is 1.30 bits per heavy atom. The first-order valence-corrected chi connectivity index (χ1v) is 6.13. The maximum Gasteiger partial charge on any atom is 0.409 e. The Hall–Kier alpha value is -2.29. The lowest BCUT2D eigenvalue weighted by Crippen LogP contribution is -1.99. The molecule has 0 spiro atoms. The molecule has 0 aromatic heterocycles. The highest BCUT2D eigenvalue weighted by Crippen LogP contribution is 2.20. The second-order valence-corrected chi connectivity index (χ2v) is 4.25. The third-order valence-corrected chi connectivity index (χ3v) is 2.70. The lowest BCUT2D eigenvalue weighted by molar-refractivity contribution is -0.0798. The van der Waals surface area contributed by atoms with Crippen molar-refractivity contribution in [2.75, 3.05) is 0 Å². The van der Waals surface area contributed by atoms with Crippen LogP contribution in [0.2, 0.25) is 0 Å². The van der Waals surface area contributed by atoms with Gasteiger partial charge in [0, 0.05) is 6.08 Å². The highest BCUT2D eigenvalue weighted by atomic mass is 19.4. The molecule has 20 heavy (non-hydrogen) atoms. The zero-order chi connectivity index (χ0) is 14.4. The van der Waals surface area contributed by atoms with Gasteiger partial charge in [0.05, 0.1) is 0 Å². The van der Waals surface area contributed by atoms with Crippen LogP contribution >= 0.6 is 0 Å². The standard InChI is InChI=1S/C17H13F3/c18-17(19,20)13-5-4-6-14-9-11-16(12-10-14)15-7-2-1-3-8-15/h1-13H/b6-4+,13-5+. The SMILES string of the molecule is FC(F)(F)/C=C/C=C/c1ccc(-c2ccccc2)cc1. The van der Waals surface area contributed by atoms with Crippen molar-refractivity contribution in [3.8, 4) is 11.1 Å². The van der Waals surface area contributed by atoms with Gasteiger partial charge >= 0.3 is 6.18 Å². The highest BCUT2D eigenvalue weighted by molar-refractivity contribution is 5.65. The van der Waals surface area contributed by atoms with Crippen LogP contribution in [0.3, 0.4) is 0 Å². The molecule has 0 saturated carbocycles. The minimum absolute atomic E-state index is 0.210. The smallest absolute Gasteiger partial charge is 0.167 e. The first-order chi connectivity index (χ1) is 9.54. The summed E-state index contributed by atoms with van der Waals surface area (Å²) in [5.41, 5.74) is 3.05. The number of alkyl halides is 3. The second-order valence-electron chi connectivity index (χ2n) is 4.25. The van der Waals surface area contributed by atoms with Crippen LogP contribution < -0.4 is 0 Å². The van der Waals surface area contributed by atoms with Gasteiger partial charge in [-0.2, -0.15) is 13.2 Å². The maximum absolute atomic E-state index is 11.9. The molecule has 0 radical (unpaired) electrons. The number of hydrogen-bond donors (Lipinski definition) is 0. The fourth-order valence-corrected chi connectivity index (χ4v) is 1.75. The zero-order valence-electron chi connectivity index (χ0n) is 10.6. The van der Waals surface area contributed by atoms with Crippen LogP contribution in [0.1, 0.15) is 5.56 Å². The molecule has 0 nitrogen and oxygen atoms in total. The molecular weight excluding hydrogens is 261 g/mol. The molecular formula is C17H13F3. The summed E-state index contributed by atoms with van der Waals surface area (Å²) in [6, 6.07) is 17.5. The molecule has 0 saturated heterocycles. The summed E-state index contributed by atoms with van der Waals surface area (Å²) in [6.45, 7) is 0. The monoisotopic (exact) mass is 274 g/mol. The second kappa shape index (κ2) is 6.24. The third-order valence-electron chi connectivity index (χ3n) is 2.70. The Labute approximate surface area is 115 Å². The Bertz CT molecular complexity index is 590. The van der Waals surface area contributed by atoms with Gasteiger partial charge in [0.1, 0.15) is 0 Å². The van der Waals surface area contributed by atoms with Gasteiger partial charge in [-0.15, -0.1) is 0 Å². The molecule has 0 fully saturated rings. The zero-order valence-corrected chi connectivity index (χ0v) is 10.6. The summed E-state index contributed by atoms with van der Waals surface area (Å²) < 4.78 is 35.7. The normalized spacial score (nSPS) is 12.3. The van der Waals surface area contributed by atoms with Gasteiger partial charge in [-0.05, 0) is 16.7 Å². The van der Waals surface area contributed by atoms with Crippen molar-refractivity contribution in [3.63, 3.8) is 0 Å². The van der Waals surface area contributed by atoms with Crippen molar-refractivity contribution in [2.24, 2.45) is 0 Å². The van der Waals surface area contributed by atoms with Crippen molar-refractivity contribution in [1.29, 1.82) is 0 Å². The Morgan fingerprint density at radius 1 is 0.700 bits per heavy atom. The molecule has 0 amide bonds. The molecule has 2 rings (SSSR count). The Balaban J connectivity index is 2.06. The quantitative estimate of drug-likeness (QED) is 0.650. The molecule has 0 aliphatic rings. The van der Waals surface area contributed by atoms with E-state index in [1.807, 2.05) is 54.6 Å². The van der Waals surface area contributed by atoms with Crippen LogP contribution in [-0.4, -0.2) is 6.18 Å². The number of hydrogen-bond acceptors (Lipinski definition) is 0. The van der Waals surface area contributed by atoms with E-state index in [1.165, 1.54) is 6.08 Å². The van der Waals surface area contributed by atoms with Gasteiger partial charge in [-0.25, -0.2) is 0 Å². The van der Waals surface area contributed by atoms with E-state index in [0.717, 1.165) is 22.8 Å². The molecule has 0 aliphatic heterocycles. The Morgan fingerprint density at radius 3 is 1.90 bits per heavy atom. The van der Waals surface area contributed by atoms with Crippen molar-refractivity contribution in [3.05, 3.63) is 78.4 Å². The summed E-state index contributed by atoms with van der Waals surface area (Å²) in [4.78, 5) is 0. The van der Waals surface area contributed by atoms with Crippen LogP contribution in [0.5, 0.6) is 0 Å². The summed E-state index contributed by atoms with van der Waals surface area (Å²) in [5, 5.41) is 0. The van der Waals surface area contributed by atoms with E-state index < -0.39 is 6.18 Å². The minimum Gasteiger partial charge on any atom is -0.167 e. The van der Waals surface area contributed by atoms with Gasteiger partial charge in [0.25, 0.3) is 0 Å². The van der Waals surface area contributed by atoms with Gasteiger partial charge in [0.2, 0.25) is 0 Å². The number of halogens is 3. The van der Waals surface area contributed by atoms with Crippen LogP contribution in [-0.2, 0) is 0 Å². The van der Waals surface area contributed by atoms with Gasteiger partial charge in [-0.3, -0.25) is 0 Å². The lowest BCUT2D eigenvalue weighted by Gasteiger charge is -2.01. The highest BCUT2D eigenvalue weighted by Gasteiger charge is 2.21. The average molecular weight is 274 g/mol. The van der Waals surface area contributed by atoms with Gasteiger partial charge < -0.3 is 0 Å². The maximum atomic E-state index is 11.9. The summed E-state index contributed by atoms with van der Waals surface area (Å²) in [7, 11) is 0. The largest absolute Gasteiger partial charge is 0.409 e. The predicted octanol–water partition coefficient (Wildman–Crippen LogP) is 5.49. The molecule has 0 heterocycles. The van der Waals surface area contributed by atoms with E-state index in [9.17, 15) is 13.2 Å². The molecule has 0 aliphatic carbocycles. The van der Waals surface area contributed by atoms with Gasteiger partial charge in [0.15, 0.2) is 0 Å². The summed E-state index contributed by atoms with van der Waals surface area (Å²) in [6.07, 6.45) is -0.0452. The first-order valence-electron chi connectivity index (χ1n) is 6.13. The topological polar surface area (TPSA) is 0 Å². The van der Waals surface area contributed by atoms with Crippen molar-refractivity contribution < 1.29 is 13.2 Å². The van der Waals surface area contributed by atoms with Crippen LogP contribution in [0.4, 0.5) is 13.2 Å². The van der Waals surface area contributed by atoms with E-state index in [4.69, 9.17) is 0 Å². The lowest BCUT2D eigenvalue weighted by atomic mass is 10.0. The molecule has 0 bridgehead atoms. The van der Waals surface area contributed by atoms with E-state index >= 15 is 0 Å². The number of rotatable bonds is 3. The fraction of sp³-hybridized carbons (Fsp3) is 0.0588. The number of benzene rings is 2. The Kier molecular flexibility index (Phi) is 4.41. The minimum atomic E-state index is -4.26.